The van der Waals surface area contributed by atoms with Crippen LogP contribution in [-0.4, -0.2) is 20.7 Å². The van der Waals surface area contributed by atoms with Gasteiger partial charge in [-0.25, -0.2) is 4.98 Å². The summed E-state index contributed by atoms with van der Waals surface area (Å²) in [6.07, 6.45) is 2.06. The Morgan fingerprint density at radius 3 is 2.70 bits per heavy atom. The summed E-state index contributed by atoms with van der Waals surface area (Å²) in [5.41, 5.74) is 3.11. The fourth-order valence-electron chi connectivity index (χ4n) is 2.25. The average molecular weight is 272 g/mol. The van der Waals surface area contributed by atoms with E-state index in [-0.39, 0.29) is 11.9 Å². The molecule has 2 rings (SSSR count). The van der Waals surface area contributed by atoms with Gasteiger partial charge in [-0.3, -0.25) is 9.48 Å². The quantitative estimate of drug-likeness (QED) is 0.931. The molecule has 1 atom stereocenters. The van der Waals surface area contributed by atoms with Crippen molar-refractivity contribution in [1.29, 1.82) is 0 Å². The van der Waals surface area contributed by atoms with E-state index in [1.807, 2.05) is 50.6 Å². The van der Waals surface area contributed by atoms with E-state index in [1.165, 1.54) is 0 Å². The van der Waals surface area contributed by atoms with Crippen LogP contribution in [0, 0.1) is 20.8 Å². The normalized spacial score (nSPS) is 12.2. The summed E-state index contributed by atoms with van der Waals surface area (Å²) in [5.74, 6) is 0.540. The molecule has 0 spiro atoms. The largest absolute Gasteiger partial charge is 0.311 e. The number of carbonyl (C=O) groups is 1. The fourth-order valence-corrected chi connectivity index (χ4v) is 2.25. The number of anilines is 1. The van der Waals surface area contributed by atoms with Gasteiger partial charge in [-0.2, -0.15) is 5.10 Å². The molecule has 0 bridgehead atoms. The molecule has 0 saturated carbocycles. The Bertz CT molecular complexity index is 618. The first-order valence-electron chi connectivity index (χ1n) is 6.71. The number of pyridine rings is 1. The molecule has 1 N–H and O–H groups in total. The third kappa shape index (κ3) is 3.44. The minimum atomic E-state index is -0.0526. The van der Waals surface area contributed by atoms with Gasteiger partial charge in [-0.05, 0) is 51.5 Å². The van der Waals surface area contributed by atoms with Crippen LogP contribution in [0.1, 0.15) is 36.3 Å². The van der Waals surface area contributed by atoms with E-state index in [0.29, 0.717) is 12.2 Å². The lowest BCUT2D eigenvalue weighted by Crippen LogP contribution is -2.19. The molecule has 0 aliphatic rings. The first-order chi connectivity index (χ1) is 9.45. The molecule has 0 aromatic carbocycles. The van der Waals surface area contributed by atoms with Crippen LogP contribution in [0.3, 0.4) is 0 Å². The molecule has 0 fully saturated rings. The lowest BCUT2D eigenvalue weighted by molar-refractivity contribution is -0.116. The van der Waals surface area contributed by atoms with Gasteiger partial charge in [-0.15, -0.1) is 0 Å². The monoisotopic (exact) mass is 272 g/mol. The summed E-state index contributed by atoms with van der Waals surface area (Å²) in [6, 6.07) is 5.78. The van der Waals surface area contributed by atoms with Gasteiger partial charge in [0.1, 0.15) is 5.82 Å². The molecule has 0 saturated heterocycles. The SMILES string of the molecule is Cc1ccnc(NC(=O)C[C@H](C)n2nc(C)cc2C)c1. The lowest BCUT2D eigenvalue weighted by atomic mass is 10.2. The van der Waals surface area contributed by atoms with E-state index < -0.39 is 0 Å². The number of aryl methyl sites for hydroxylation is 3. The van der Waals surface area contributed by atoms with Gasteiger partial charge >= 0.3 is 0 Å². The van der Waals surface area contributed by atoms with Crippen molar-refractivity contribution >= 4 is 11.7 Å². The molecule has 0 aliphatic heterocycles. The summed E-state index contributed by atoms with van der Waals surface area (Å²) >= 11 is 0. The maximum atomic E-state index is 12.0. The molecule has 2 aromatic rings. The summed E-state index contributed by atoms with van der Waals surface area (Å²) in [4.78, 5) is 16.2. The molecular weight excluding hydrogens is 252 g/mol. The Hall–Kier alpha value is -2.17. The number of hydrogen-bond acceptors (Lipinski definition) is 3. The third-order valence-corrected chi connectivity index (χ3v) is 3.13. The fraction of sp³-hybridized carbons (Fsp3) is 0.400. The Morgan fingerprint density at radius 2 is 2.10 bits per heavy atom. The molecule has 2 aromatic heterocycles. The van der Waals surface area contributed by atoms with E-state index >= 15 is 0 Å². The van der Waals surface area contributed by atoms with Gasteiger partial charge in [0, 0.05) is 18.3 Å². The van der Waals surface area contributed by atoms with Gasteiger partial charge in [0.05, 0.1) is 11.7 Å². The topological polar surface area (TPSA) is 59.8 Å². The van der Waals surface area contributed by atoms with Gasteiger partial charge < -0.3 is 5.32 Å². The Balaban J connectivity index is 1.99. The van der Waals surface area contributed by atoms with E-state index in [2.05, 4.69) is 15.4 Å². The second-order valence-corrected chi connectivity index (χ2v) is 5.19. The van der Waals surface area contributed by atoms with Crippen LogP contribution in [0.4, 0.5) is 5.82 Å². The molecule has 0 unspecified atom stereocenters. The van der Waals surface area contributed by atoms with Crippen molar-refractivity contribution in [3.8, 4) is 0 Å². The van der Waals surface area contributed by atoms with Gasteiger partial charge in [0.15, 0.2) is 0 Å². The van der Waals surface area contributed by atoms with Crippen molar-refractivity contribution in [3.63, 3.8) is 0 Å². The van der Waals surface area contributed by atoms with E-state index in [0.717, 1.165) is 17.0 Å². The molecule has 106 valence electrons. The van der Waals surface area contributed by atoms with Crippen LogP contribution in [0.25, 0.3) is 0 Å². The highest BCUT2D eigenvalue weighted by Gasteiger charge is 2.14. The van der Waals surface area contributed by atoms with Gasteiger partial charge in [-0.1, -0.05) is 0 Å². The maximum Gasteiger partial charge on any atom is 0.227 e. The second kappa shape index (κ2) is 5.86. The smallest absolute Gasteiger partial charge is 0.227 e. The number of amides is 1. The molecule has 0 radical (unpaired) electrons. The Kier molecular flexibility index (Phi) is 4.17. The van der Waals surface area contributed by atoms with E-state index in [9.17, 15) is 4.79 Å². The van der Waals surface area contributed by atoms with Crippen molar-refractivity contribution in [1.82, 2.24) is 14.8 Å². The summed E-state index contributed by atoms with van der Waals surface area (Å²) in [5, 5.41) is 7.22. The lowest BCUT2D eigenvalue weighted by Gasteiger charge is -2.14. The van der Waals surface area contributed by atoms with Gasteiger partial charge in [0.2, 0.25) is 5.91 Å². The van der Waals surface area contributed by atoms with Crippen LogP contribution in [0.2, 0.25) is 0 Å². The van der Waals surface area contributed by atoms with Crippen LogP contribution < -0.4 is 5.32 Å². The maximum absolute atomic E-state index is 12.0. The number of hydrogen-bond donors (Lipinski definition) is 1. The summed E-state index contributed by atoms with van der Waals surface area (Å²) in [7, 11) is 0. The van der Waals surface area contributed by atoms with Crippen LogP contribution in [-0.2, 0) is 4.79 Å². The predicted molar refractivity (Wildman–Crippen MR) is 78.6 cm³/mol. The highest BCUT2D eigenvalue weighted by molar-refractivity contribution is 5.90. The number of nitrogens with one attached hydrogen (secondary N) is 1. The number of aromatic nitrogens is 3. The van der Waals surface area contributed by atoms with Crippen molar-refractivity contribution in [2.75, 3.05) is 5.32 Å². The zero-order chi connectivity index (χ0) is 14.7. The average Bonchev–Trinajstić information content (AvgIpc) is 2.68. The predicted octanol–water partition coefficient (Wildman–Crippen LogP) is 2.79. The summed E-state index contributed by atoms with van der Waals surface area (Å²) < 4.78 is 1.89. The van der Waals surface area contributed by atoms with Gasteiger partial charge in [0.25, 0.3) is 0 Å². The molecule has 5 nitrogen and oxygen atoms in total. The van der Waals surface area contributed by atoms with Crippen molar-refractivity contribution in [2.45, 2.75) is 40.2 Å². The number of rotatable bonds is 4. The van der Waals surface area contributed by atoms with Crippen LogP contribution in [0.15, 0.2) is 24.4 Å². The molecule has 20 heavy (non-hydrogen) atoms. The Morgan fingerprint density at radius 1 is 1.35 bits per heavy atom. The minimum absolute atomic E-state index is 0.0218. The molecular formula is C15H20N4O. The molecule has 1 amide bonds. The molecule has 0 aliphatic carbocycles. The van der Waals surface area contributed by atoms with Crippen molar-refractivity contribution in [2.24, 2.45) is 0 Å². The first-order valence-corrected chi connectivity index (χ1v) is 6.71. The first kappa shape index (κ1) is 14.2. The minimum Gasteiger partial charge on any atom is -0.311 e. The number of nitrogens with zero attached hydrogens (tertiary/aromatic N) is 3. The second-order valence-electron chi connectivity index (χ2n) is 5.19. The van der Waals surface area contributed by atoms with E-state index in [4.69, 9.17) is 0 Å². The molecule has 2 heterocycles. The van der Waals surface area contributed by atoms with E-state index in [1.54, 1.807) is 6.20 Å². The van der Waals surface area contributed by atoms with Crippen molar-refractivity contribution in [3.05, 3.63) is 41.3 Å². The Labute approximate surface area is 119 Å². The zero-order valence-corrected chi connectivity index (χ0v) is 12.3. The zero-order valence-electron chi connectivity index (χ0n) is 12.3. The van der Waals surface area contributed by atoms with Crippen LogP contribution in [0.5, 0.6) is 0 Å². The third-order valence-electron chi connectivity index (χ3n) is 3.13. The highest BCUT2D eigenvalue weighted by Crippen LogP contribution is 2.15. The highest BCUT2D eigenvalue weighted by atomic mass is 16.1. The molecule has 5 heteroatoms. The standard InChI is InChI=1S/C15H20N4O/c1-10-5-6-16-14(7-10)17-15(20)9-13(4)19-12(3)8-11(2)18-19/h5-8,13H,9H2,1-4H3,(H,16,17,20)/t13-/m0/s1. The van der Waals surface area contributed by atoms with Crippen LogP contribution >= 0.6 is 0 Å². The van der Waals surface area contributed by atoms with Crippen molar-refractivity contribution < 1.29 is 4.79 Å². The summed E-state index contributed by atoms with van der Waals surface area (Å²) in [6.45, 7) is 7.90. The number of carbonyl (C=O) groups excluding carboxylic acids is 1.